The fraction of sp³-hybridized carbons (Fsp3) is 0.778. The summed E-state index contributed by atoms with van der Waals surface area (Å²) in [6, 6.07) is -0.417. The molecule has 0 saturated carbocycles. The van der Waals surface area contributed by atoms with E-state index < -0.39 is 22.0 Å². The van der Waals surface area contributed by atoms with Gasteiger partial charge in [0.25, 0.3) is 0 Å². The van der Waals surface area contributed by atoms with Crippen molar-refractivity contribution in [2.75, 3.05) is 31.2 Å². The van der Waals surface area contributed by atoms with E-state index in [9.17, 15) is 13.5 Å². The highest BCUT2D eigenvalue weighted by atomic mass is 32.2. The number of hydrogen-bond acceptors (Lipinski definition) is 5. The topological polar surface area (TPSA) is 77.8 Å². The quantitative estimate of drug-likeness (QED) is 0.575. The number of rotatable bonds is 5. The number of sulfone groups is 1. The van der Waals surface area contributed by atoms with Gasteiger partial charge in [0.2, 0.25) is 0 Å². The van der Waals surface area contributed by atoms with Gasteiger partial charge in [-0.2, -0.15) is 0 Å². The lowest BCUT2D eigenvalue weighted by atomic mass is 10.2. The summed E-state index contributed by atoms with van der Waals surface area (Å²) in [5.74, 6) is -0.223. The monoisotopic (exact) mass is 235 g/mol. The predicted octanol–water partition coefficient (Wildman–Crippen LogP) is -1.38. The molecule has 0 aromatic rings. The van der Waals surface area contributed by atoms with Crippen molar-refractivity contribution in [3.8, 4) is 0 Å². The van der Waals surface area contributed by atoms with Gasteiger partial charge in [0.15, 0.2) is 9.84 Å². The molecule has 0 radical (unpaired) electrons. The lowest BCUT2D eigenvalue weighted by Crippen LogP contribution is -2.44. The average Bonchev–Trinajstić information content (AvgIpc) is 2.39. The van der Waals surface area contributed by atoms with Crippen molar-refractivity contribution in [2.24, 2.45) is 0 Å². The molecule has 0 spiro atoms. The predicted molar refractivity (Wildman–Crippen MR) is 57.3 cm³/mol. The maximum atomic E-state index is 11.3. The van der Waals surface area contributed by atoms with E-state index in [0.717, 1.165) is 0 Å². The van der Waals surface area contributed by atoms with Gasteiger partial charge in [0, 0.05) is 13.1 Å². The maximum Gasteiger partial charge on any atom is 0.154 e. The van der Waals surface area contributed by atoms with E-state index in [4.69, 9.17) is 5.11 Å². The number of hydrogen-bond donors (Lipinski definition) is 2. The molecule has 2 atom stereocenters. The molecule has 5 nitrogen and oxygen atoms in total. The van der Waals surface area contributed by atoms with Gasteiger partial charge in [0.05, 0.1) is 30.3 Å². The average molecular weight is 235 g/mol. The molecule has 2 N–H and O–H groups in total. The van der Waals surface area contributed by atoms with Crippen LogP contribution in [0.1, 0.15) is 0 Å². The second-order valence-electron chi connectivity index (χ2n) is 3.72. The zero-order valence-corrected chi connectivity index (χ0v) is 9.36. The first-order valence-corrected chi connectivity index (χ1v) is 6.66. The van der Waals surface area contributed by atoms with Crippen LogP contribution < -0.4 is 0 Å². The lowest BCUT2D eigenvalue weighted by molar-refractivity contribution is 0.0782. The van der Waals surface area contributed by atoms with Crippen molar-refractivity contribution >= 4 is 9.84 Å². The molecule has 0 aliphatic carbocycles. The van der Waals surface area contributed by atoms with E-state index in [1.807, 2.05) is 0 Å². The summed E-state index contributed by atoms with van der Waals surface area (Å²) < 4.78 is 22.6. The molecule has 15 heavy (non-hydrogen) atoms. The molecule has 0 bridgehead atoms. The van der Waals surface area contributed by atoms with Crippen LogP contribution in [0.2, 0.25) is 0 Å². The van der Waals surface area contributed by atoms with Crippen molar-refractivity contribution in [2.45, 2.75) is 12.1 Å². The molecule has 1 aliphatic heterocycles. The Morgan fingerprint density at radius 3 is 2.53 bits per heavy atom. The molecular weight excluding hydrogens is 218 g/mol. The molecule has 1 aliphatic rings. The minimum atomic E-state index is -3.13. The van der Waals surface area contributed by atoms with Gasteiger partial charge in [-0.3, -0.25) is 4.90 Å². The molecule has 1 fully saturated rings. The van der Waals surface area contributed by atoms with Crippen LogP contribution in [0, 0.1) is 0 Å². The molecule has 1 rings (SSSR count). The molecule has 1 saturated heterocycles. The zero-order chi connectivity index (χ0) is 11.5. The van der Waals surface area contributed by atoms with Gasteiger partial charge in [0.1, 0.15) is 0 Å². The van der Waals surface area contributed by atoms with Gasteiger partial charge in [-0.25, -0.2) is 8.42 Å². The number of nitrogens with zero attached hydrogens (tertiary/aromatic N) is 1. The summed E-state index contributed by atoms with van der Waals surface area (Å²) in [6.07, 6.45) is 0.773. The summed E-state index contributed by atoms with van der Waals surface area (Å²) in [5.41, 5.74) is 0. The van der Waals surface area contributed by atoms with Crippen LogP contribution in [0.4, 0.5) is 0 Å². The van der Waals surface area contributed by atoms with Crippen molar-refractivity contribution in [3.63, 3.8) is 0 Å². The third kappa shape index (κ3) is 3.27. The SMILES string of the molecule is C=CCN(CCO)C1CS(=O)(=O)CC1O. The Kier molecular flexibility index (Phi) is 4.27. The Morgan fingerprint density at radius 2 is 2.13 bits per heavy atom. The van der Waals surface area contributed by atoms with Crippen molar-refractivity contribution in [1.82, 2.24) is 4.90 Å². The molecule has 1 heterocycles. The van der Waals surface area contributed by atoms with E-state index in [1.54, 1.807) is 11.0 Å². The van der Waals surface area contributed by atoms with Crippen molar-refractivity contribution in [3.05, 3.63) is 12.7 Å². The fourth-order valence-electron chi connectivity index (χ4n) is 1.85. The highest BCUT2D eigenvalue weighted by Crippen LogP contribution is 2.18. The normalized spacial score (nSPS) is 29.5. The minimum Gasteiger partial charge on any atom is -0.395 e. The summed E-state index contributed by atoms with van der Waals surface area (Å²) in [4.78, 5) is 1.74. The van der Waals surface area contributed by atoms with E-state index in [-0.39, 0.29) is 18.1 Å². The largest absolute Gasteiger partial charge is 0.395 e. The van der Waals surface area contributed by atoms with Gasteiger partial charge < -0.3 is 10.2 Å². The minimum absolute atomic E-state index is 0.0397. The molecular formula is C9H17NO4S. The summed E-state index contributed by atoms with van der Waals surface area (Å²) in [5, 5.41) is 18.4. The number of aliphatic hydroxyl groups is 2. The Bertz CT molecular complexity index is 314. The van der Waals surface area contributed by atoms with Crippen LogP contribution in [0.25, 0.3) is 0 Å². The first-order valence-electron chi connectivity index (χ1n) is 4.84. The van der Waals surface area contributed by atoms with Gasteiger partial charge in [-0.1, -0.05) is 6.08 Å². The van der Waals surface area contributed by atoms with Gasteiger partial charge >= 0.3 is 0 Å². The highest BCUT2D eigenvalue weighted by molar-refractivity contribution is 7.91. The first-order chi connectivity index (χ1) is 7.00. The molecule has 0 aromatic heterocycles. The maximum absolute atomic E-state index is 11.3. The zero-order valence-electron chi connectivity index (χ0n) is 8.54. The fourth-order valence-corrected chi connectivity index (χ4v) is 3.68. The highest BCUT2D eigenvalue weighted by Gasteiger charge is 2.39. The van der Waals surface area contributed by atoms with Crippen molar-refractivity contribution in [1.29, 1.82) is 0 Å². The Balaban J connectivity index is 2.71. The van der Waals surface area contributed by atoms with Crippen LogP contribution in [0.5, 0.6) is 0 Å². The van der Waals surface area contributed by atoms with Crippen LogP contribution >= 0.6 is 0 Å². The van der Waals surface area contributed by atoms with Gasteiger partial charge in [-0.15, -0.1) is 6.58 Å². The summed E-state index contributed by atoms with van der Waals surface area (Å²) >= 11 is 0. The van der Waals surface area contributed by atoms with Crippen LogP contribution in [-0.2, 0) is 9.84 Å². The van der Waals surface area contributed by atoms with Crippen LogP contribution in [0.3, 0.4) is 0 Å². The van der Waals surface area contributed by atoms with Crippen LogP contribution in [0.15, 0.2) is 12.7 Å². The third-order valence-corrected chi connectivity index (χ3v) is 4.21. The molecule has 88 valence electrons. The van der Waals surface area contributed by atoms with E-state index in [2.05, 4.69) is 6.58 Å². The Labute approximate surface area is 89.9 Å². The number of aliphatic hydroxyl groups excluding tert-OH is 2. The van der Waals surface area contributed by atoms with Crippen LogP contribution in [-0.4, -0.2) is 66.9 Å². The lowest BCUT2D eigenvalue weighted by Gasteiger charge is -2.28. The third-order valence-electron chi connectivity index (χ3n) is 2.51. The van der Waals surface area contributed by atoms with Gasteiger partial charge in [-0.05, 0) is 0 Å². The second kappa shape index (κ2) is 5.07. The Hall–Kier alpha value is -0.430. The smallest absolute Gasteiger partial charge is 0.154 e. The molecule has 2 unspecified atom stereocenters. The second-order valence-corrected chi connectivity index (χ2v) is 5.87. The summed E-state index contributed by atoms with van der Waals surface area (Å²) in [7, 11) is -3.13. The standard InChI is InChI=1S/C9H17NO4S/c1-2-3-10(4-5-11)8-6-15(13,14)7-9(8)12/h2,8-9,11-12H,1,3-7H2. The summed E-state index contributed by atoms with van der Waals surface area (Å²) in [6.45, 7) is 4.32. The van der Waals surface area contributed by atoms with E-state index in [0.29, 0.717) is 13.1 Å². The molecule has 0 aromatic carbocycles. The molecule has 6 heteroatoms. The van der Waals surface area contributed by atoms with E-state index >= 15 is 0 Å². The first kappa shape index (κ1) is 12.6. The van der Waals surface area contributed by atoms with Crippen molar-refractivity contribution < 1.29 is 18.6 Å². The molecule has 0 amide bonds. The Morgan fingerprint density at radius 1 is 1.47 bits per heavy atom. The van der Waals surface area contributed by atoms with E-state index in [1.165, 1.54) is 0 Å².